The van der Waals surface area contributed by atoms with Gasteiger partial charge in [0, 0.05) is 40.4 Å². The van der Waals surface area contributed by atoms with Crippen LogP contribution in [0.1, 0.15) is 23.7 Å². The largest absolute Gasteiger partial charge is 0.497 e. The molecule has 1 atom stereocenters. The molecule has 0 aliphatic carbocycles. The smallest absolute Gasteiger partial charge is 0.262 e. The SMILES string of the molecule is COCCN(CC(=O)N1N=C(c2cccn2C)CC1c1ccc(OC)cc1)C(=O)COC. The fraction of sp³-hybridized carbons (Fsp3) is 0.435. The van der Waals surface area contributed by atoms with Crippen LogP contribution in [0, 0.1) is 0 Å². The van der Waals surface area contributed by atoms with E-state index in [0.717, 1.165) is 22.7 Å². The van der Waals surface area contributed by atoms with Crippen LogP contribution in [0.4, 0.5) is 0 Å². The van der Waals surface area contributed by atoms with Gasteiger partial charge in [-0.1, -0.05) is 12.1 Å². The molecule has 0 N–H and O–H groups in total. The zero-order valence-electron chi connectivity index (χ0n) is 19.0. The standard InChI is InChI=1S/C23H30N4O5/c1-25-11-5-6-20(25)19-14-21(17-7-9-18(32-4)10-8-17)27(24-19)22(28)15-26(12-13-30-2)23(29)16-31-3/h5-11,21H,12-16H2,1-4H3. The molecule has 0 radical (unpaired) electrons. The van der Waals surface area contributed by atoms with E-state index < -0.39 is 0 Å². The van der Waals surface area contributed by atoms with Crippen molar-refractivity contribution in [3.05, 3.63) is 53.9 Å². The molecule has 1 unspecified atom stereocenters. The van der Waals surface area contributed by atoms with Crippen LogP contribution in [0.2, 0.25) is 0 Å². The van der Waals surface area contributed by atoms with E-state index in [0.29, 0.717) is 19.6 Å². The number of aromatic nitrogens is 1. The first-order valence-corrected chi connectivity index (χ1v) is 10.4. The van der Waals surface area contributed by atoms with E-state index in [2.05, 4.69) is 5.10 Å². The molecule has 172 valence electrons. The van der Waals surface area contributed by atoms with Gasteiger partial charge in [-0.15, -0.1) is 0 Å². The van der Waals surface area contributed by atoms with Crippen LogP contribution in [0.15, 0.2) is 47.7 Å². The predicted molar refractivity (Wildman–Crippen MR) is 119 cm³/mol. The third kappa shape index (κ3) is 5.35. The summed E-state index contributed by atoms with van der Waals surface area (Å²) in [6, 6.07) is 11.3. The molecule has 2 aromatic rings. The summed E-state index contributed by atoms with van der Waals surface area (Å²) < 4.78 is 17.3. The zero-order valence-corrected chi connectivity index (χ0v) is 19.0. The first kappa shape index (κ1) is 23.5. The number of hydrogen-bond acceptors (Lipinski definition) is 6. The minimum Gasteiger partial charge on any atom is -0.497 e. The lowest BCUT2D eigenvalue weighted by Gasteiger charge is -2.27. The molecule has 1 aromatic heterocycles. The van der Waals surface area contributed by atoms with Crippen LogP contribution in [-0.2, 0) is 26.1 Å². The zero-order chi connectivity index (χ0) is 23.1. The lowest BCUT2D eigenvalue weighted by Crippen LogP contribution is -2.44. The summed E-state index contributed by atoms with van der Waals surface area (Å²) in [5, 5.41) is 6.17. The van der Waals surface area contributed by atoms with Crippen LogP contribution in [0.3, 0.4) is 0 Å². The van der Waals surface area contributed by atoms with Gasteiger partial charge in [-0.3, -0.25) is 9.59 Å². The van der Waals surface area contributed by atoms with Gasteiger partial charge < -0.3 is 23.7 Å². The second kappa shape index (κ2) is 10.9. The van der Waals surface area contributed by atoms with Gasteiger partial charge >= 0.3 is 0 Å². The number of hydrazone groups is 1. The second-order valence-corrected chi connectivity index (χ2v) is 7.52. The number of carbonyl (C=O) groups excluding carboxylic acids is 2. The lowest BCUT2D eigenvalue weighted by atomic mass is 10.0. The van der Waals surface area contributed by atoms with Gasteiger partial charge in [0.15, 0.2) is 0 Å². The van der Waals surface area contributed by atoms with Crippen molar-refractivity contribution in [1.29, 1.82) is 0 Å². The van der Waals surface area contributed by atoms with Gasteiger partial charge in [0.2, 0.25) is 5.91 Å². The number of ether oxygens (including phenoxy) is 3. The van der Waals surface area contributed by atoms with E-state index in [-0.39, 0.29) is 31.0 Å². The molecule has 32 heavy (non-hydrogen) atoms. The Morgan fingerprint density at radius 3 is 2.47 bits per heavy atom. The predicted octanol–water partition coefficient (Wildman–Crippen LogP) is 1.83. The number of rotatable bonds is 10. The Hall–Kier alpha value is -3.17. The normalized spacial score (nSPS) is 15.6. The van der Waals surface area contributed by atoms with E-state index >= 15 is 0 Å². The summed E-state index contributed by atoms with van der Waals surface area (Å²) in [7, 11) is 6.56. The van der Waals surface area contributed by atoms with Crippen LogP contribution < -0.4 is 4.74 Å². The average molecular weight is 443 g/mol. The maximum Gasteiger partial charge on any atom is 0.262 e. The Labute approximate surface area is 188 Å². The fourth-order valence-corrected chi connectivity index (χ4v) is 3.69. The molecule has 3 rings (SSSR count). The second-order valence-electron chi connectivity index (χ2n) is 7.52. The number of benzene rings is 1. The number of hydrogen-bond donors (Lipinski definition) is 0. The molecule has 0 fully saturated rings. The molecule has 0 saturated heterocycles. The molecule has 2 amide bonds. The quantitative estimate of drug-likeness (QED) is 0.561. The van der Waals surface area contributed by atoms with Crippen molar-refractivity contribution in [2.24, 2.45) is 12.1 Å². The molecule has 9 heteroatoms. The average Bonchev–Trinajstić information content (AvgIpc) is 3.43. The third-order valence-corrected chi connectivity index (χ3v) is 5.42. The Morgan fingerprint density at radius 2 is 1.88 bits per heavy atom. The highest BCUT2D eigenvalue weighted by molar-refractivity contribution is 6.02. The van der Waals surface area contributed by atoms with Gasteiger partial charge in [-0.25, -0.2) is 5.01 Å². The highest BCUT2D eigenvalue weighted by Crippen LogP contribution is 2.33. The number of aryl methyl sites for hydroxylation is 1. The molecule has 1 aliphatic rings. The lowest BCUT2D eigenvalue weighted by molar-refractivity contribution is -0.144. The van der Waals surface area contributed by atoms with E-state index in [9.17, 15) is 9.59 Å². The highest BCUT2D eigenvalue weighted by atomic mass is 16.5. The van der Waals surface area contributed by atoms with Crippen LogP contribution in [0.25, 0.3) is 0 Å². The van der Waals surface area contributed by atoms with Crippen molar-refractivity contribution in [3.63, 3.8) is 0 Å². The minimum absolute atomic E-state index is 0.100. The number of methoxy groups -OCH3 is 3. The van der Waals surface area contributed by atoms with E-state index in [1.54, 1.807) is 14.2 Å². The van der Waals surface area contributed by atoms with Gasteiger partial charge in [0.25, 0.3) is 5.91 Å². The molecule has 0 bridgehead atoms. The number of nitrogens with zero attached hydrogens (tertiary/aromatic N) is 4. The number of amides is 2. The van der Waals surface area contributed by atoms with Gasteiger partial charge in [0.05, 0.1) is 31.2 Å². The van der Waals surface area contributed by atoms with Gasteiger partial charge in [0.1, 0.15) is 18.9 Å². The summed E-state index contributed by atoms with van der Waals surface area (Å²) in [5.74, 6) is 0.199. The molecular formula is C23H30N4O5. The Balaban J connectivity index is 1.87. The van der Waals surface area contributed by atoms with Crippen molar-refractivity contribution in [2.75, 3.05) is 47.6 Å². The maximum absolute atomic E-state index is 13.3. The molecule has 0 saturated carbocycles. The summed E-state index contributed by atoms with van der Waals surface area (Å²) >= 11 is 0. The van der Waals surface area contributed by atoms with Crippen LogP contribution >= 0.6 is 0 Å². The van der Waals surface area contributed by atoms with Crippen molar-refractivity contribution < 1.29 is 23.8 Å². The maximum atomic E-state index is 13.3. The highest BCUT2D eigenvalue weighted by Gasteiger charge is 2.35. The Kier molecular flexibility index (Phi) is 8.02. The summed E-state index contributed by atoms with van der Waals surface area (Å²) in [6.07, 6.45) is 2.51. The summed E-state index contributed by atoms with van der Waals surface area (Å²) in [6.45, 7) is 0.404. The monoisotopic (exact) mass is 442 g/mol. The van der Waals surface area contributed by atoms with Crippen LogP contribution in [-0.4, -0.2) is 79.6 Å². The molecule has 2 heterocycles. The fourth-order valence-electron chi connectivity index (χ4n) is 3.69. The van der Waals surface area contributed by atoms with Crippen molar-refractivity contribution in [3.8, 4) is 5.75 Å². The molecule has 1 aromatic carbocycles. The van der Waals surface area contributed by atoms with Crippen molar-refractivity contribution >= 4 is 17.5 Å². The van der Waals surface area contributed by atoms with Gasteiger partial charge in [-0.05, 0) is 29.8 Å². The molecule has 0 spiro atoms. The van der Waals surface area contributed by atoms with Crippen LogP contribution in [0.5, 0.6) is 5.75 Å². The summed E-state index contributed by atoms with van der Waals surface area (Å²) in [5.41, 5.74) is 2.71. The third-order valence-electron chi connectivity index (χ3n) is 5.42. The van der Waals surface area contributed by atoms with Gasteiger partial charge in [-0.2, -0.15) is 5.10 Å². The first-order valence-electron chi connectivity index (χ1n) is 10.4. The topological polar surface area (TPSA) is 85.6 Å². The molecule has 1 aliphatic heterocycles. The Morgan fingerprint density at radius 1 is 1.12 bits per heavy atom. The molecule has 9 nitrogen and oxygen atoms in total. The van der Waals surface area contributed by atoms with E-state index in [1.807, 2.05) is 54.2 Å². The number of carbonyl (C=O) groups is 2. The van der Waals surface area contributed by atoms with E-state index in [1.165, 1.54) is 17.0 Å². The van der Waals surface area contributed by atoms with Crippen molar-refractivity contribution in [2.45, 2.75) is 12.5 Å². The Bertz CT molecular complexity index is 954. The first-order chi connectivity index (χ1) is 15.5. The minimum atomic E-state index is -0.278. The van der Waals surface area contributed by atoms with E-state index in [4.69, 9.17) is 14.2 Å². The summed E-state index contributed by atoms with van der Waals surface area (Å²) in [4.78, 5) is 27.2. The molecular weight excluding hydrogens is 412 g/mol. The van der Waals surface area contributed by atoms with Crippen molar-refractivity contribution in [1.82, 2.24) is 14.5 Å².